The largest absolute Gasteiger partial charge is 0.393 e. The second-order valence-electron chi connectivity index (χ2n) is 5.35. The molecular weight excluding hydrogens is 262 g/mol. The van der Waals surface area contributed by atoms with Crippen LogP contribution in [0.5, 0.6) is 0 Å². The Morgan fingerprint density at radius 2 is 2.05 bits per heavy atom. The van der Waals surface area contributed by atoms with Gasteiger partial charge in [0, 0.05) is 24.7 Å². The molecule has 2 N–H and O–H groups in total. The smallest absolute Gasteiger partial charge is 0.163 e. The van der Waals surface area contributed by atoms with Crippen LogP contribution in [0.25, 0.3) is 0 Å². The van der Waals surface area contributed by atoms with Crippen molar-refractivity contribution in [1.29, 1.82) is 0 Å². The van der Waals surface area contributed by atoms with Crippen molar-refractivity contribution < 1.29 is 13.9 Å². The molecule has 1 heterocycles. The fraction of sp³-hybridized carbons (Fsp3) is 0.600. The van der Waals surface area contributed by atoms with Gasteiger partial charge >= 0.3 is 0 Å². The molecule has 1 aliphatic rings. The lowest BCUT2D eigenvalue weighted by Crippen LogP contribution is -2.37. The third-order valence-corrected chi connectivity index (χ3v) is 4.00. The number of hydrogen-bond donors (Lipinski definition) is 2. The molecule has 1 saturated heterocycles. The first-order valence-corrected chi connectivity index (χ1v) is 7.13. The number of piperidine rings is 1. The molecule has 5 heteroatoms. The van der Waals surface area contributed by atoms with E-state index in [1.807, 2.05) is 0 Å². The predicted molar refractivity (Wildman–Crippen MR) is 74.5 cm³/mol. The lowest BCUT2D eigenvalue weighted by molar-refractivity contribution is 0.0807. The SMILES string of the molecule is CNC(CCN1CCC(O)CC1)c1cccc(F)c1F. The fourth-order valence-electron chi connectivity index (χ4n) is 2.70. The maximum Gasteiger partial charge on any atom is 0.163 e. The second-order valence-corrected chi connectivity index (χ2v) is 5.35. The van der Waals surface area contributed by atoms with Crippen LogP contribution in [-0.2, 0) is 0 Å². The molecule has 1 aliphatic heterocycles. The Bertz CT molecular complexity index is 434. The number of hydrogen-bond acceptors (Lipinski definition) is 3. The maximum absolute atomic E-state index is 13.8. The highest BCUT2D eigenvalue weighted by Gasteiger charge is 2.20. The molecule has 0 saturated carbocycles. The van der Waals surface area contributed by atoms with Gasteiger partial charge in [0.1, 0.15) is 0 Å². The molecule has 0 radical (unpaired) electrons. The van der Waals surface area contributed by atoms with Crippen LogP contribution in [0.1, 0.15) is 30.9 Å². The van der Waals surface area contributed by atoms with Crippen molar-refractivity contribution in [1.82, 2.24) is 10.2 Å². The first-order valence-electron chi connectivity index (χ1n) is 7.13. The topological polar surface area (TPSA) is 35.5 Å². The Kier molecular flexibility index (Phi) is 5.46. The zero-order chi connectivity index (χ0) is 14.5. The molecule has 1 unspecified atom stereocenters. The molecule has 1 atom stereocenters. The highest BCUT2D eigenvalue weighted by Crippen LogP contribution is 2.22. The molecule has 1 aromatic carbocycles. The van der Waals surface area contributed by atoms with Crippen molar-refractivity contribution in [3.05, 3.63) is 35.4 Å². The van der Waals surface area contributed by atoms with E-state index in [4.69, 9.17) is 0 Å². The lowest BCUT2D eigenvalue weighted by atomic mass is 10.0. The first-order chi connectivity index (χ1) is 9.61. The van der Waals surface area contributed by atoms with Gasteiger partial charge in [-0.15, -0.1) is 0 Å². The quantitative estimate of drug-likeness (QED) is 0.869. The number of nitrogens with zero attached hydrogens (tertiary/aromatic N) is 1. The summed E-state index contributed by atoms with van der Waals surface area (Å²) in [7, 11) is 1.76. The van der Waals surface area contributed by atoms with Crippen LogP contribution in [0.15, 0.2) is 18.2 Å². The summed E-state index contributed by atoms with van der Waals surface area (Å²) < 4.78 is 27.1. The number of benzene rings is 1. The molecule has 0 bridgehead atoms. The molecule has 0 amide bonds. The standard InChI is InChI=1S/C15H22F2N2O/c1-18-14(12-3-2-4-13(16)15(12)17)7-10-19-8-5-11(20)6-9-19/h2-4,11,14,18,20H,5-10H2,1H3. The number of likely N-dealkylation sites (tertiary alicyclic amines) is 1. The monoisotopic (exact) mass is 284 g/mol. The van der Waals surface area contributed by atoms with Crippen molar-refractivity contribution in [2.24, 2.45) is 0 Å². The van der Waals surface area contributed by atoms with Gasteiger partial charge in [0.15, 0.2) is 11.6 Å². The van der Waals surface area contributed by atoms with Gasteiger partial charge in [-0.25, -0.2) is 8.78 Å². The summed E-state index contributed by atoms with van der Waals surface area (Å²) in [4.78, 5) is 2.26. The van der Waals surface area contributed by atoms with E-state index in [0.29, 0.717) is 12.0 Å². The van der Waals surface area contributed by atoms with E-state index in [-0.39, 0.29) is 12.1 Å². The van der Waals surface area contributed by atoms with Gasteiger partial charge in [-0.05, 0) is 38.9 Å². The van der Waals surface area contributed by atoms with Crippen molar-refractivity contribution in [2.75, 3.05) is 26.7 Å². The summed E-state index contributed by atoms with van der Waals surface area (Å²) in [6.07, 6.45) is 2.11. The predicted octanol–water partition coefficient (Wildman–Crippen LogP) is 2.07. The van der Waals surface area contributed by atoms with E-state index in [1.165, 1.54) is 6.07 Å². The molecule has 1 fully saturated rings. The van der Waals surface area contributed by atoms with Gasteiger partial charge in [0.2, 0.25) is 0 Å². The molecule has 3 nitrogen and oxygen atoms in total. The van der Waals surface area contributed by atoms with Crippen molar-refractivity contribution >= 4 is 0 Å². The molecule has 2 rings (SSSR count). The summed E-state index contributed by atoms with van der Waals surface area (Å²) in [5.41, 5.74) is 0.379. The van der Waals surface area contributed by atoms with Crippen LogP contribution >= 0.6 is 0 Å². The Labute approximate surface area is 118 Å². The minimum absolute atomic E-state index is 0.188. The van der Waals surface area contributed by atoms with Crippen LogP contribution < -0.4 is 5.32 Å². The third-order valence-electron chi connectivity index (χ3n) is 4.00. The lowest BCUT2D eigenvalue weighted by Gasteiger charge is -2.30. The highest BCUT2D eigenvalue weighted by molar-refractivity contribution is 5.22. The van der Waals surface area contributed by atoms with E-state index in [1.54, 1.807) is 13.1 Å². The summed E-state index contributed by atoms with van der Waals surface area (Å²) in [6.45, 7) is 2.54. The molecule has 0 spiro atoms. The zero-order valence-electron chi connectivity index (χ0n) is 11.8. The molecule has 20 heavy (non-hydrogen) atoms. The Morgan fingerprint density at radius 3 is 2.70 bits per heavy atom. The van der Waals surface area contributed by atoms with Crippen LogP contribution in [0.4, 0.5) is 8.78 Å². The van der Waals surface area contributed by atoms with E-state index in [0.717, 1.165) is 38.5 Å². The van der Waals surface area contributed by atoms with Gasteiger partial charge in [-0.3, -0.25) is 0 Å². The second kappa shape index (κ2) is 7.11. The number of rotatable bonds is 5. The van der Waals surface area contributed by atoms with Crippen LogP contribution in [-0.4, -0.2) is 42.8 Å². The summed E-state index contributed by atoms with van der Waals surface area (Å²) in [5, 5.41) is 12.5. The minimum Gasteiger partial charge on any atom is -0.393 e. The number of aliphatic hydroxyl groups excluding tert-OH is 1. The Morgan fingerprint density at radius 1 is 1.35 bits per heavy atom. The van der Waals surface area contributed by atoms with E-state index in [9.17, 15) is 13.9 Å². The molecule has 1 aromatic rings. The van der Waals surface area contributed by atoms with Gasteiger partial charge in [-0.2, -0.15) is 0 Å². The highest BCUT2D eigenvalue weighted by atomic mass is 19.2. The third kappa shape index (κ3) is 3.75. The van der Waals surface area contributed by atoms with Gasteiger partial charge in [-0.1, -0.05) is 12.1 Å². The normalized spacial score (nSPS) is 19.2. The zero-order valence-corrected chi connectivity index (χ0v) is 11.8. The van der Waals surface area contributed by atoms with Crippen LogP contribution in [0.2, 0.25) is 0 Å². The van der Waals surface area contributed by atoms with Crippen LogP contribution in [0, 0.1) is 11.6 Å². The van der Waals surface area contributed by atoms with Gasteiger partial charge in [0.05, 0.1) is 6.10 Å². The number of nitrogens with one attached hydrogen (secondary N) is 1. The number of aliphatic hydroxyl groups is 1. The molecule has 112 valence electrons. The van der Waals surface area contributed by atoms with Crippen molar-refractivity contribution in [3.8, 4) is 0 Å². The molecular formula is C15H22F2N2O. The maximum atomic E-state index is 13.8. The first kappa shape index (κ1) is 15.4. The van der Waals surface area contributed by atoms with Crippen molar-refractivity contribution in [2.45, 2.75) is 31.4 Å². The van der Waals surface area contributed by atoms with Crippen LogP contribution in [0.3, 0.4) is 0 Å². The van der Waals surface area contributed by atoms with E-state index < -0.39 is 11.6 Å². The number of halogens is 2. The molecule has 0 aliphatic carbocycles. The average Bonchev–Trinajstić information content (AvgIpc) is 2.45. The Balaban J connectivity index is 1.94. The fourth-order valence-corrected chi connectivity index (χ4v) is 2.70. The van der Waals surface area contributed by atoms with Gasteiger partial charge in [0.25, 0.3) is 0 Å². The van der Waals surface area contributed by atoms with E-state index in [2.05, 4.69) is 10.2 Å². The summed E-state index contributed by atoms with van der Waals surface area (Å²) >= 11 is 0. The Hall–Kier alpha value is -1.04. The van der Waals surface area contributed by atoms with Crippen molar-refractivity contribution in [3.63, 3.8) is 0 Å². The van der Waals surface area contributed by atoms with E-state index >= 15 is 0 Å². The summed E-state index contributed by atoms with van der Waals surface area (Å²) in [5.74, 6) is -1.57. The average molecular weight is 284 g/mol. The molecule has 0 aromatic heterocycles. The van der Waals surface area contributed by atoms with Gasteiger partial charge < -0.3 is 15.3 Å². The minimum atomic E-state index is -0.802. The summed E-state index contributed by atoms with van der Waals surface area (Å²) in [6, 6.07) is 4.10.